The van der Waals surface area contributed by atoms with Crippen LogP contribution in [0.4, 0.5) is 0 Å². The molecule has 0 aromatic heterocycles. The van der Waals surface area contributed by atoms with Gasteiger partial charge in [0.25, 0.3) is 0 Å². The van der Waals surface area contributed by atoms with Crippen molar-refractivity contribution >= 4 is 0 Å². The molecule has 0 saturated carbocycles. The summed E-state index contributed by atoms with van der Waals surface area (Å²) in [7, 11) is 0. The van der Waals surface area contributed by atoms with E-state index in [4.69, 9.17) is 0 Å². The predicted molar refractivity (Wildman–Crippen MR) is 58.9 cm³/mol. The molecule has 0 spiro atoms. The van der Waals surface area contributed by atoms with Gasteiger partial charge in [0, 0.05) is 12.6 Å². The largest absolute Gasteiger partial charge is 0.297 e. The Morgan fingerprint density at radius 3 is 2.46 bits per heavy atom. The number of allylic oxidation sites excluding steroid dienone is 1. The number of rotatable bonds is 1. The zero-order chi connectivity index (χ0) is 9.84. The van der Waals surface area contributed by atoms with E-state index < -0.39 is 0 Å². The van der Waals surface area contributed by atoms with Crippen molar-refractivity contribution in [2.75, 3.05) is 13.1 Å². The molecule has 1 aliphatic heterocycles. The number of nitrogens with zero attached hydrogens (tertiary/aromatic N) is 1. The Morgan fingerprint density at radius 1 is 1.23 bits per heavy atom. The first-order valence-electron chi connectivity index (χ1n) is 5.50. The van der Waals surface area contributed by atoms with E-state index in [1.54, 1.807) is 5.57 Å². The SMILES string of the molecule is CC(C)=C1CCCCN(C(C)C)C1. The van der Waals surface area contributed by atoms with Gasteiger partial charge in [-0.3, -0.25) is 4.90 Å². The van der Waals surface area contributed by atoms with Gasteiger partial charge in [0.2, 0.25) is 0 Å². The van der Waals surface area contributed by atoms with E-state index in [-0.39, 0.29) is 0 Å². The first-order valence-corrected chi connectivity index (χ1v) is 5.50. The lowest BCUT2D eigenvalue weighted by atomic mass is 10.1. The van der Waals surface area contributed by atoms with Crippen LogP contribution in [-0.2, 0) is 0 Å². The van der Waals surface area contributed by atoms with Crippen LogP contribution in [-0.4, -0.2) is 24.0 Å². The summed E-state index contributed by atoms with van der Waals surface area (Å²) in [5.41, 5.74) is 3.21. The van der Waals surface area contributed by atoms with Crippen LogP contribution in [0.2, 0.25) is 0 Å². The lowest BCUT2D eigenvalue weighted by molar-refractivity contribution is 0.246. The van der Waals surface area contributed by atoms with Crippen molar-refractivity contribution in [2.45, 2.75) is 53.0 Å². The van der Waals surface area contributed by atoms with E-state index >= 15 is 0 Å². The zero-order valence-electron chi connectivity index (χ0n) is 9.56. The molecule has 0 unspecified atom stereocenters. The van der Waals surface area contributed by atoms with E-state index in [0.29, 0.717) is 6.04 Å². The molecule has 0 bridgehead atoms. The predicted octanol–water partition coefficient (Wildman–Crippen LogP) is 3.22. The summed E-state index contributed by atoms with van der Waals surface area (Å²) in [4.78, 5) is 2.59. The van der Waals surface area contributed by atoms with Crippen LogP contribution >= 0.6 is 0 Å². The molecule has 0 amide bonds. The molecule has 1 heterocycles. The zero-order valence-corrected chi connectivity index (χ0v) is 9.56. The first-order chi connectivity index (χ1) is 6.11. The summed E-state index contributed by atoms with van der Waals surface area (Å²) in [6.45, 7) is 11.6. The summed E-state index contributed by atoms with van der Waals surface area (Å²) in [5.74, 6) is 0. The van der Waals surface area contributed by atoms with Crippen LogP contribution in [0.1, 0.15) is 47.0 Å². The summed E-state index contributed by atoms with van der Waals surface area (Å²) in [6, 6.07) is 0.701. The topological polar surface area (TPSA) is 3.24 Å². The van der Waals surface area contributed by atoms with E-state index in [1.807, 2.05) is 0 Å². The molecule has 0 aliphatic carbocycles. The summed E-state index contributed by atoms with van der Waals surface area (Å²) < 4.78 is 0. The van der Waals surface area contributed by atoms with Gasteiger partial charge in [-0.15, -0.1) is 0 Å². The molecule has 1 fully saturated rings. The maximum absolute atomic E-state index is 2.59. The summed E-state index contributed by atoms with van der Waals surface area (Å²) >= 11 is 0. The van der Waals surface area contributed by atoms with Crippen LogP contribution in [0.25, 0.3) is 0 Å². The fourth-order valence-corrected chi connectivity index (χ4v) is 1.91. The van der Waals surface area contributed by atoms with Gasteiger partial charge >= 0.3 is 0 Å². The Hall–Kier alpha value is -0.300. The maximum atomic E-state index is 2.59. The van der Waals surface area contributed by atoms with Gasteiger partial charge in [0.1, 0.15) is 0 Å². The van der Waals surface area contributed by atoms with Gasteiger partial charge in [-0.25, -0.2) is 0 Å². The summed E-state index contributed by atoms with van der Waals surface area (Å²) in [6.07, 6.45) is 4.07. The molecule has 1 aliphatic rings. The molecule has 0 N–H and O–H groups in total. The minimum absolute atomic E-state index is 0.701. The van der Waals surface area contributed by atoms with Crippen molar-refractivity contribution in [3.05, 3.63) is 11.1 Å². The van der Waals surface area contributed by atoms with Crippen molar-refractivity contribution < 1.29 is 0 Å². The van der Waals surface area contributed by atoms with Gasteiger partial charge in [0.15, 0.2) is 0 Å². The third kappa shape index (κ3) is 3.15. The van der Waals surface area contributed by atoms with Crippen molar-refractivity contribution in [1.29, 1.82) is 0 Å². The Labute approximate surface area is 82.8 Å². The third-order valence-corrected chi connectivity index (χ3v) is 3.01. The molecule has 0 radical (unpaired) electrons. The smallest absolute Gasteiger partial charge is 0.0198 e. The van der Waals surface area contributed by atoms with E-state index in [0.717, 1.165) is 0 Å². The number of hydrogen-bond donors (Lipinski definition) is 0. The average molecular weight is 181 g/mol. The second kappa shape index (κ2) is 4.80. The van der Waals surface area contributed by atoms with Gasteiger partial charge in [-0.05, 0) is 53.5 Å². The quantitative estimate of drug-likeness (QED) is 0.561. The highest BCUT2D eigenvalue weighted by Gasteiger charge is 2.15. The molecule has 1 saturated heterocycles. The molecule has 0 aromatic rings. The average Bonchev–Trinajstić information content (AvgIpc) is 2.28. The maximum Gasteiger partial charge on any atom is 0.0198 e. The number of hydrogen-bond acceptors (Lipinski definition) is 1. The lowest BCUT2D eigenvalue weighted by Crippen LogP contribution is -2.32. The fraction of sp³-hybridized carbons (Fsp3) is 0.833. The van der Waals surface area contributed by atoms with Gasteiger partial charge in [0.05, 0.1) is 0 Å². The van der Waals surface area contributed by atoms with Crippen molar-refractivity contribution in [3.63, 3.8) is 0 Å². The van der Waals surface area contributed by atoms with Gasteiger partial charge in [-0.2, -0.15) is 0 Å². The normalized spacial score (nSPS) is 20.5. The van der Waals surface area contributed by atoms with Crippen LogP contribution < -0.4 is 0 Å². The van der Waals surface area contributed by atoms with Crippen LogP contribution in [0, 0.1) is 0 Å². The van der Waals surface area contributed by atoms with Crippen molar-refractivity contribution in [1.82, 2.24) is 4.90 Å². The molecule has 13 heavy (non-hydrogen) atoms. The number of likely N-dealkylation sites (tertiary alicyclic amines) is 1. The molecule has 0 aromatic carbocycles. The Morgan fingerprint density at radius 2 is 1.92 bits per heavy atom. The monoisotopic (exact) mass is 181 g/mol. The second-order valence-electron chi connectivity index (χ2n) is 4.62. The highest BCUT2D eigenvalue weighted by molar-refractivity contribution is 5.12. The van der Waals surface area contributed by atoms with E-state index in [2.05, 4.69) is 32.6 Å². The van der Waals surface area contributed by atoms with Crippen molar-refractivity contribution in [3.8, 4) is 0 Å². The third-order valence-electron chi connectivity index (χ3n) is 3.01. The molecule has 1 nitrogen and oxygen atoms in total. The minimum Gasteiger partial charge on any atom is -0.297 e. The van der Waals surface area contributed by atoms with Crippen LogP contribution in [0.5, 0.6) is 0 Å². The molecular formula is C12H23N. The Kier molecular flexibility index (Phi) is 3.98. The van der Waals surface area contributed by atoms with Gasteiger partial charge in [-0.1, -0.05) is 11.1 Å². The summed E-state index contributed by atoms with van der Waals surface area (Å²) in [5, 5.41) is 0. The van der Waals surface area contributed by atoms with Crippen molar-refractivity contribution in [2.24, 2.45) is 0 Å². The highest BCUT2D eigenvalue weighted by atomic mass is 15.1. The van der Waals surface area contributed by atoms with E-state index in [1.165, 1.54) is 37.9 Å². The molecule has 76 valence electrons. The second-order valence-corrected chi connectivity index (χ2v) is 4.62. The minimum atomic E-state index is 0.701. The first kappa shape index (κ1) is 10.8. The lowest BCUT2D eigenvalue weighted by Gasteiger charge is -2.25. The van der Waals surface area contributed by atoms with Crippen LogP contribution in [0.3, 0.4) is 0 Å². The molecule has 1 heteroatoms. The molecular weight excluding hydrogens is 158 g/mol. The Balaban J connectivity index is 2.66. The molecule has 0 atom stereocenters. The van der Waals surface area contributed by atoms with Gasteiger partial charge < -0.3 is 0 Å². The van der Waals surface area contributed by atoms with E-state index in [9.17, 15) is 0 Å². The standard InChI is InChI=1S/C12H23N/c1-10(2)12-7-5-6-8-13(9-12)11(3)4/h11H,5-9H2,1-4H3. The highest BCUT2D eigenvalue weighted by Crippen LogP contribution is 2.19. The molecule has 1 rings (SSSR count). The fourth-order valence-electron chi connectivity index (χ4n) is 1.91. The van der Waals surface area contributed by atoms with Crippen LogP contribution in [0.15, 0.2) is 11.1 Å². The Bertz CT molecular complexity index is 187.